The lowest BCUT2D eigenvalue weighted by molar-refractivity contribution is -0.140. The first kappa shape index (κ1) is 28.4. The Kier molecular flexibility index (Phi) is 9.89. The second-order valence-corrected chi connectivity index (χ2v) is 11.6. The number of aryl methyl sites for hydroxylation is 3. The lowest BCUT2D eigenvalue weighted by Crippen LogP contribution is -2.52. The molecule has 2 rings (SSSR count). The van der Waals surface area contributed by atoms with Gasteiger partial charge < -0.3 is 10.2 Å². The molecule has 2 aromatic rings. The first-order valence-electron chi connectivity index (χ1n) is 12.0. The zero-order chi connectivity index (χ0) is 26.3. The van der Waals surface area contributed by atoms with Gasteiger partial charge >= 0.3 is 0 Å². The van der Waals surface area contributed by atoms with Gasteiger partial charge in [-0.1, -0.05) is 56.7 Å². The largest absolute Gasteiger partial charge is 0.354 e. The van der Waals surface area contributed by atoms with Crippen LogP contribution in [0.15, 0.2) is 42.5 Å². The minimum Gasteiger partial charge on any atom is -0.354 e. The predicted molar refractivity (Wildman–Crippen MR) is 142 cm³/mol. The third-order valence-electron chi connectivity index (χ3n) is 5.68. The molecule has 0 saturated heterocycles. The summed E-state index contributed by atoms with van der Waals surface area (Å²) in [6, 6.07) is 12.5. The van der Waals surface area contributed by atoms with E-state index >= 15 is 0 Å². The van der Waals surface area contributed by atoms with Gasteiger partial charge in [-0.15, -0.1) is 0 Å². The molecule has 0 aliphatic carbocycles. The molecule has 8 heteroatoms. The van der Waals surface area contributed by atoms with Crippen molar-refractivity contribution in [3.8, 4) is 0 Å². The highest BCUT2D eigenvalue weighted by atomic mass is 32.2. The maximum Gasteiger partial charge on any atom is 0.244 e. The zero-order valence-electron chi connectivity index (χ0n) is 22.0. The highest BCUT2D eigenvalue weighted by Gasteiger charge is 2.31. The predicted octanol–water partition coefficient (Wildman–Crippen LogP) is 3.96. The summed E-state index contributed by atoms with van der Waals surface area (Å²) in [6.45, 7) is 11.9. The average Bonchev–Trinajstić information content (AvgIpc) is 2.74. The smallest absolute Gasteiger partial charge is 0.244 e. The summed E-state index contributed by atoms with van der Waals surface area (Å²) in [4.78, 5) is 28.3. The van der Waals surface area contributed by atoms with Crippen LogP contribution in [0.2, 0.25) is 0 Å². The van der Waals surface area contributed by atoms with E-state index in [0.717, 1.165) is 32.8 Å². The van der Waals surface area contributed by atoms with Crippen LogP contribution < -0.4 is 9.62 Å². The van der Waals surface area contributed by atoms with Gasteiger partial charge in [0, 0.05) is 13.1 Å². The molecule has 0 aliphatic rings. The van der Waals surface area contributed by atoms with Crippen LogP contribution in [0.4, 0.5) is 5.69 Å². The van der Waals surface area contributed by atoms with E-state index in [4.69, 9.17) is 0 Å². The van der Waals surface area contributed by atoms with Crippen LogP contribution in [0, 0.1) is 26.7 Å². The van der Waals surface area contributed by atoms with Gasteiger partial charge in [-0.2, -0.15) is 0 Å². The van der Waals surface area contributed by atoms with Crippen molar-refractivity contribution in [1.82, 2.24) is 10.2 Å². The molecule has 0 unspecified atom stereocenters. The van der Waals surface area contributed by atoms with Crippen LogP contribution >= 0.6 is 0 Å². The fourth-order valence-electron chi connectivity index (χ4n) is 4.06. The van der Waals surface area contributed by atoms with Crippen molar-refractivity contribution in [2.75, 3.05) is 23.7 Å². The van der Waals surface area contributed by atoms with Gasteiger partial charge in [0.15, 0.2) is 0 Å². The van der Waals surface area contributed by atoms with Gasteiger partial charge in [-0.05, 0) is 61.9 Å². The van der Waals surface area contributed by atoms with Gasteiger partial charge in [-0.3, -0.25) is 13.9 Å². The third kappa shape index (κ3) is 8.38. The fourth-order valence-corrected chi connectivity index (χ4v) is 4.89. The number of carbonyl (C=O) groups excluding carboxylic acids is 2. The number of amides is 2. The van der Waals surface area contributed by atoms with Crippen molar-refractivity contribution in [1.29, 1.82) is 0 Å². The van der Waals surface area contributed by atoms with Crippen LogP contribution in [-0.4, -0.2) is 50.5 Å². The molecule has 192 valence electrons. The molecule has 2 amide bonds. The van der Waals surface area contributed by atoms with E-state index < -0.39 is 22.0 Å². The molecule has 0 aliphatic heterocycles. The second kappa shape index (κ2) is 12.2. The number of hydrogen-bond donors (Lipinski definition) is 1. The highest BCUT2D eigenvalue weighted by Crippen LogP contribution is 2.22. The van der Waals surface area contributed by atoms with Crippen molar-refractivity contribution in [3.63, 3.8) is 0 Å². The molecule has 0 aromatic heterocycles. The molecule has 2 aromatic carbocycles. The summed E-state index contributed by atoms with van der Waals surface area (Å²) in [6.07, 6.45) is 1.50. The Morgan fingerprint density at radius 3 is 2.11 bits per heavy atom. The van der Waals surface area contributed by atoms with E-state index in [-0.39, 0.29) is 24.9 Å². The van der Waals surface area contributed by atoms with Crippen LogP contribution in [-0.2, 0) is 26.2 Å². The van der Waals surface area contributed by atoms with Crippen molar-refractivity contribution < 1.29 is 18.0 Å². The molecule has 0 fully saturated rings. The molecular weight excluding hydrogens is 462 g/mol. The van der Waals surface area contributed by atoms with Crippen LogP contribution in [0.3, 0.4) is 0 Å². The maximum atomic E-state index is 13.7. The van der Waals surface area contributed by atoms with Gasteiger partial charge in [0.05, 0.1) is 11.9 Å². The molecule has 0 heterocycles. The van der Waals surface area contributed by atoms with E-state index in [0.29, 0.717) is 18.7 Å². The summed E-state index contributed by atoms with van der Waals surface area (Å²) >= 11 is 0. The molecule has 7 nitrogen and oxygen atoms in total. The Morgan fingerprint density at radius 1 is 0.971 bits per heavy atom. The third-order valence-corrected chi connectivity index (χ3v) is 6.82. The van der Waals surface area contributed by atoms with Crippen LogP contribution in [0.5, 0.6) is 0 Å². The van der Waals surface area contributed by atoms with Crippen molar-refractivity contribution in [2.45, 2.75) is 60.5 Å². The Balaban J connectivity index is 2.45. The van der Waals surface area contributed by atoms with Gasteiger partial charge in [-0.25, -0.2) is 8.42 Å². The molecule has 1 N–H and O–H groups in total. The number of nitrogens with zero attached hydrogens (tertiary/aromatic N) is 2. The van der Waals surface area contributed by atoms with E-state index in [1.165, 1.54) is 4.90 Å². The quantitative estimate of drug-likeness (QED) is 0.505. The first-order valence-corrected chi connectivity index (χ1v) is 13.8. The number of benzene rings is 2. The molecule has 0 radical (unpaired) electrons. The summed E-state index contributed by atoms with van der Waals surface area (Å²) < 4.78 is 26.6. The standard InChI is InChI=1S/C27H39N3O4S/c1-8-25(27(32)28-16-19(2)3)29(17-23-11-9-10-20(4)13-23)26(31)18-30(35(7,33)34)24-14-21(5)12-22(6)15-24/h9-15,19,25H,8,16-18H2,1-7H3,(H,28,32)/t25-/m1/s1. The minimum absolute atomic E-state index is 0.207. The number of rotatable bonds is 11. The topological polar surface area (TPSA) is 86.8 Å². The summed E-state index contributed by atoms with van der Waals surface area (Å²) in [7, 11) is -3.75. The van der Waals surface area contributed by atoms with E-state index in [9.17, 15) is 18.0 Å². The number of anilines is 1. The van der Waals surface area contributed by atoms with Gasteiger partial charge in [0.25, 0.3) is 0 Å². The molecular formula is C27H39N3O4S. The van der Waals surface area contributed by atoms with E-state index in [2.05, 4.69) is 5.32 Å². The summed E-state index contributed by atoms with van der Waals surface area (Å²) in [5.74, 6) is -0.398. The van der Waals surface area contributed by atoms with E-state index in [1.807, 2.05) is 71.9 Å². The summed E-state index contributed by atoms with van der Waals surface area (Å²) in [5, 5.41) is 2.93. The molecule has 35 heavy (non-hydrogen) atoms. The molecule has 0 bridgehead atoms. The van der Waals surface area contributed by atoms with Crippen LogP contribution in [0.25, 0.3) is 0 Å². The zero-order valence-corrected chi connectivity index (χ0v) is 22.8. The van der Waals surface area contributed by atoms with Crippen LogP contribution in [0.1, 0.15) is 49.4 Å². The van der Waals surface area contributed by atoms with Gasteiger partial charge in [0.2, 0.25) is 21.8 Å². The first-order chi connectivity index (χ1) is 16.3. The molecule has 0 spiro atoms. The fraction of sp³-hybridized carbons (Fsp3) is 0.481. The molecule has 1 atom stereocenters. The van der Waals surface area contributed by atoms with Crippen molar-refractivity contribution >= 4 is 27.5 Å². The summed E-state index contributed by atoms with van der Waals surface area (Å²) in [5.41, 5.74) is 4.16. The number of sulfonamides is 1. The van der Waals surface area contributed by atoms with Crippen molar-refractivity contribution in [3.05, 3.63) is 64.7 Å². The average molecular weight is 502 g/mol. The normalized spacial score (nSPS) is 12.3. The second-order valence-electron chi connectivity index (χ2n) is 9.69. The highest BCUT2D eigenvalue weighted by molar-refractivity contribution is 7.92. The van der Waals surface area contributed by atoms with Gasteiger partial charge in [0.1, 0.15) is 12.6 Å². The Hall–Kier alpha value is -2.87. The Morgan fingerprint density at radius 2 is 1.60 bits per heavy atom. The number of carbonyl (C=O) groups is 2. The SMILES string of the molecule is CC[C@H](C(=O)NCC(C)C)N(Cc1cccc(C)c1)C(=O)CN(c1cc(C)cc(C)c1)S(C)(=O)=O. The van der Waals surface area contributed by atoms with Crippen molar-refractivity contribution in [2.24, 2.45) is 5.92 Å². The number of nitrogens with one attached hydrogen (secondary N) is 1. The Bertz CT molecular complexity index is 1120. The lowest BCUT2D eigenvalue weighted by Gasteiger charge is -2.33. The maximum absolute atomic E-state index is 13.7. The Labute approximate surface area is 210 Å². The lowest BCUT2D eigenvalue weighted by atomic mass is 10.1. The molecule has 0 saturated carbocycles. The monoisotopic (exact) mass is 501 g/mol. The minimum atomic E-state index is -3.75. The number of hydrogen-bond acceptors (Lipinski definition) is 4. The van der Waals surface area contributed by atoms with E-state index in [1.54, 1.807) is 12.1 Å².